The molecule has 22 heteroatoms. The number of benzene rings is 1. The summed E-state index contributed by atoms with van der Waals surface area (Å²) in [5.41, 5.74) is -4.06. The first-order chi connectivity index (χ1) is 16.4. The smallest absolute Gasteiger partial charge is 0.320 e. The van der Waals surface area contributed by atoms with Gasteiger partial charge in [-0.3, -0.25) is 4.79 Å². The van der Waals surface area contributed by atoms with Gasteiger partial charge in [0.05, 0.1) is 11.3 Å². The molecule has 1 rings (SSSR count). The second kappa shape index (κ2) is 9.10. The first kappa shape index (κ1) is 33.7. The largest absolute Gasteiger partial charge is 0.418 e. The van der Waals surface area contributed by atoms with Gasteiger partial charge in [0, 0.05) is 0 Å². The molecule has 0 saturated heterocycles. The van der Waals surface area contributed by atoms with Crippen molar-refractivity contribution in [1.29, 1.82) is 0 Å². The van der Waals surface area contributed by atoms with Crippen LogP contribution in [0.1, 0.15) is 5.56 Å². The number of anilines is 1. The lowest BCUT2D eigenvalue weighted by molar-refractivity contribution is -0.445. The van der Waals surface area contributed by atoms with Crippen LogP contribution >= 0.6 is 11.6 Å². The molecule has 0 aromatic heterocycles. The summed E-state index contributed by atoms with van der Waals surface area (Å²) in [6.45, 7) is 0. The van der Waals surface area contributed by atoms with E-state index in [4.69, 9.17) is 0 Å². The average Bonchev–Trinajstić information content (AvgIpc) is 2.71. The van der Waals surface area contributed by atoms with Crippen LogP contribution in [-0.2, 0) is 11.0 Å². The molecule has 0 heterocycles. The Kier molecular flexibility index (Phi) is 8.07. The quantitative estimate of drug-likeness (QED) is 0.220. The molecule has 2 nitrogen and oxygen atoms in total. The van der Waals surface area contributed by atoms with Crippen molar-refractivity contribution < 1.29 is 88.2 Å². The van der Waals surface area contributed by atoms with Crippen molar-refractivity contribution >= 4 is 23.2 Å². The molecule has 1 aromatic carbocycles. The molecule has 0 radical (unpaired) electrons. The van der Waals surface area contributed by atoms with Crippen molar-refractivity contribution in [3.05, 3.63) is 29.8 Å². The van der Waals surface area contributed by atoms with Crippen LogP contribution in [0, 0.1) is 0 Å². The Morgan fingerprint density at radius 1 is 0.553 bits per heavy atom. The van der Waals surface area contributed by atoms with Gasteiger partial charge in [-0.2, -0.15) is 83.4 Å². The number of rotatable bonds is 9. The molecule has 1 aromatic rings. The molecule has 0 saturated carbocycles. The highest BCUT2D eigenvalue weighted by Crippen LogP contribution is 2.64. The number of alkyl halides is 20. The Hall–Kier alpha value is -2.35. The Labute approximate surface area is 200 Å². The van der Waals surface area contributed by atoms with Gasteiger partial charge in [-0.1, -0.05) is 12.1 Å². The first-order valence-corrected chi connectivity index (χ1v) is 8.94. The fourth-order valence-corrected chi connectivity index (χ4v) is 2.47. The van der Waals surface area contributed by atoms with Crippen LogP contribution in [0.5, 0.6) is 0 Å². The fraction of sp³-hybridized carbons (Fsp3) is 0.562. The molecule has 1 amide bonds. The number of hydrogen-bond donors (Lipinski definition) is 1. The lowest BCUT2D eigenvalue weighted by atomic mass is 9.89. The molecule has 220 valence electrons. The van der Waals surface area contributed by atoms with E-state index in [1.165, 1.54) is 0 Å². The lowest BCUT2D eigenvalue weighted by Crippen LogP contribution is -2.75. The minimum Gasteiger partial charge on any atom is -0.320 e. The van der Waals surface area contributed by atoms with E-state index in [1.807, 2.05) is 0 Å². The molecular formula is C16H5ClF19NO. The number of carbonyl (C=O) groups is 1. The van der Waals surface area contributed by atoms with Gasteiger partial charge in [0.1, 0.15) is 0 Å². The number of hydrogen-bond acceptors (Lipinski definition) is 1. The summed E-state index contributed by atoms with van der Waals surface area (Å²) in [6, 6.07) is 0.983. The summed E-state index contributed by atoms with van der Waals surface area (Å²) in [5.74, 6) is -62.5. The number of amides is 1. The van der Waals surface area contributed by atoms with Crippen LogP contribution in [-0.4, -0.2) is 52.7 Å². The highest BCUT2D eigenvalue weighted by atomic mass is 35.5. The molecule has 0 fully saturated rings. The number of nitrogens with one attached hydrogen (secondary N) is 1. The van der Waals surface area contributed by atoms with E-state index in [0.717, 1.165) is 0 Å². The average molecular weight is 624 g/mol. The molecular weight excluding hydrogens is 619 g/mol. The maximum Gasteiger partial charge on any atom is 0.418 e. The highest BCUT2D eigenvalue weighted by Gasteiger charge is 2.95. The van der Waals surface area contributed by atoms with E-state index >= 15 is 0 Å². The standard InChI is InChI=1S/C16H5ClF19NO/c17-16(35,36)15(33,34)14(31,32)13(29,30)12(27,28)11(25,26)10(23,24)8(18,19)7(38)37-6-4-2-1-3-5(6)9(20,21)22/h1-4H,(H,37,38). The van der Waals surface area contributed by atoms with E-state index < -0.39 is 70.2 Å². The maximum atomic E-state index is 13.9. The topological polar surface area (TPSA) is 29.1 Å². The highest BCUT2D eigenvalue weighted by molar-refractivity contribution is 6.22. The van der Waals surface area contributed by atoms with Crippen LogP contribution in [0.15, 0.2) is 24.3 Å². The molecule has 1 N–H and O–H groups in total. The predicted molar refractivity (Wildman–Crippen MR) is 85.5 cm³/mol. The zero-order valence-corrected chi connectivity index (χ0v) is 17.5. The summed E-state index contributed by atoms with van der Waals surface area (Å²) < 4.78 is 253. The summed E-state index contributed by atoms with van der Waals surface area (Å²) >= 11 is 3.38. The zero-order valence-electron chi connectivity index (χ0n) is 16.8. The second-order valence-electron chi connectivity index (χ2n) is 7.02. The van der Waals surface area contributed by atoms with Crippen molar-refractivity contribution in [1.82, 2.24) is 0 Å². The minimum absolute atomic E-state index is 0.0187. The molecule has 38 heavy (non-hydrogen) atoms. The molecule has 0 spiro atoms. The van der Waals surface area contributed by atoms with Gasteiger partial charge >= 0.3 is 58.9 Å². The zero-order chi connectivity index (χ0) is 30.8. The van der Waals surface area contributed by atoms with Crippen molar-refractivity contribution in [2.24, 2.45) is 0 Å². The van der Waals surface area contributed by atoms with Crippen molar-refractivity contribution in [2.45, 2.75) is 53.0 Å². The predicted octanol–water partition coefficient (Wildman–Crippen LogP) is 7.92. The third-order valence-corrected chi connectivity index (χ3v) is 4.73. The van der Waals surface area contributed by atoms with Crippen molar-refractivity contribution in [2.75, 3.05) is 5.32 Å². The Morgan fingerprint density at radius 3 is 1.26 bits per heavy atom. The lowest BCUT2D eigenvalue weighted by Gasteiger charge is -2.42. The number of halogens is 20. The number of carbonyl (C=O) groups excluding carboxylic acids is 1. The second-order valence-corrected chi connectivity index (χ2v) is 7.49. The van der Waals surface area contributed by atoms with Crippen LogP contribution in [0.2, 0.25) is 0 Å². The Morgan fingerprint density at radius 2 is 0.895 bits per heavy atom. The van der Waals surface area contributed by atoms with Gasteiger partial charge < -0.3 is 5.32 Å². The van der Waals surface area contributed by atoms with Crippen LogP contribution in [0.4, 0.5) is 89.1 Å². The summed E-state index contributed by atoms with van der Waals surface area (Å²) in [7, 11) is 0. The third-order valence-electron chi connectivity index (χ3n) is 4.49. The van der Waals surface area contributed by atoms with E-state index in [-0.39, 0.29) is 17.4 Å². The summed E-state index contributed by atoms with van der Waals surface area (Å²) in [4.78, 5) is 11.4. The molecule has 0 aliphatic rings. The monoisotopic (exact) mass is 623 g/mol. The first-order valence-electron chi connectivity index (χ1n) is 8.56. The minimum atomic E-state index is -8.81. The molecule has 0 aliphatic heterocycles. The molecule has 0 atom stereocenters. The SMILES string of the molecule is O=C(Nc1ccccc1C(F)(F)F)C(F)(F)C(F)(F)C(F)(F)C(F)(F)C(F)(F)C(F)(F)C(F)(F)C(F)(F)Cl. The van der Waals surface area contributed by atoms with Gasteiger partial charge in [0.25, 0.3) is 0 Å². The van der Waals surface area contributed by atoms with Gasteiger partial charge in [0.15, 0.2) is 0 Å². The fourth-order valence-electron chi connectivity index (χ4n) is 2.35. The van der Waals surface area contributed by atoms with Gasteiger partial charge in [-0.05, 0) is 23.7 Å². The van der Waals surface area contributed by atoms with Crippen molar-refractivity contribution in [3.8, 4) is 0 Å². The van der Waals surface area contributed by atoms with E-state index in [0.29, 0.717) is 12.1 Å². The van der Waals surface area contributed by atoms with Crippen molar-refractivity contribution in [3.63, 3.8) is 0 Å². The van der Waals surface area contributed by atoms with E-state index in [2.05, 4.69) is 11.6 Å². The van der Waals surface area contributed by atoms with Gasteiger partial charge in [-0.15, -0.1) is 0 Å². The summed E-state index contributed by atoms with van der Waals surface area (Å²) in [6.07, 6.45) is -5.58. The maximum absolute atomic E-state index is 13.9. The van der Waals surface area contributed by atoms with Crippen LogP contribution < -0.4 is 5.32 Å². The van der Waals surface area contributed by atoms with Crippen LogP contribution in [0.3, 0.4) is 0 Å². The van der Waals surface area contributed by atoms with E-state index in [1.54, 1.807) is 0 Å². The molecule has 0 bridgehead atoms. The molecule has 0 aliphatic carbocycles. The summed E-state index contributed by atoms with van der Waals surface area (Å²) in [5, 5.41) is -6.69. The third kappa shape index (κ3) is 4.67. The van der Waals surface area contributed by atoms with Gasteiger partial charge in [-0.25, -0.2) is 0 Å². The number of para-hydroxylation sites is 1. The normalized spacial score (nSPS) is 15.5. The van der Waals surface area contributed by atoms with Crippen LogP contribution in [0.25, 0.3) is 0 Å². The van der Waals surface area contributed by atoms with Gasteiger partial charge in [0.2, 0.25) is 0 Å². The Balaban J connectivity index is 3.64. The molecule has 0 unspecified atom stereocenters. The Bertz CT molecular complexity index is 1040. The van der Waals surface area contributed by atoms with E-state index in [9.17, 15) is 88.2 Å².